The van der Waals surface area contributed by atoms with E-state index in [1.165, 1.54) is 23.1 Å². The Morgan fingerprint density at radius 2 is 1.76 bits per heavy atom. The van der Waals surface area contributed by atoms with Gasteiger partial charge in [0, 0.05) is 11.7 Å². The summed E-state index contributed by atoms with van der Waals surface area (Å²) in [5.74, 6) is -1.82. The lowest BCUT2D eigenvalue weighted by Gasteiger charge is -2.29. The van der Waals surface area contributed by atoms with Gasteiger partial charge in [0.15, 0.2) is 6.61 Å². The summed E-state index contributed by atoms with van der Waals surface area (Å²) in [5, 5.41) is 2.81. The number of carbonyl (C=O) groups excluding carboxylic acids is 4. The first-order chi connectivity index (χ1) is 15.9. The number of para-hydroxylation sites is 1. The van der Waals surface area contributed by atoms with E-state index < -0.39 is 18.5 Å². The Balaban J connectivity index is 1.42. The van der Waals surface area contributed by atoms with Crippen LogP contribution in [0.1, 0.15) is 81.2 Å². The van der Waals surface area contributed by atoms with Gasteiger partial charge in [0.1, 0.15) is 0 Å². The second kappa shape index (κ2) is 9.57. The summed E-state index contributed by atoms with van der Waals surface area (Å²) in [4.78, 5) is 52.0. The van der Waals surface area contributed by atoms with Crippen molar-refractivity contribution in [1.82, 2.24) is 4.90 Å². The average Bonchev–Trinajstić information content (AvgIpc) is 3.08. The molecule has 1 fully saturated rings. The van der Waals surface area contributed by atoms with Crippen LogP contribution in [0.2, 0.25) is 0 Å². The van der Waals surface area contributed by atoms with Crippen LogP contribution < -0.4 is 5.32 Å². The molecule has 1 saturated carbocycles. The number of benzene rings is 2. The van der Waals surface area contributed by atoms with Gasteiger partial charge in [0.05, 0.1) is 16.7 Å². The van der Waals surface area contributed by atoms with Crippen molar-refractivity contribution >= 4 is 29.4 Å². The molecule has 0 radical (unpaired) electrons. The Labute approximate surface area is 193 Å². The Hall–Kier alpha value is -3.48. The molecule has 33 heavy (non-hydrogen) atoms. The van der Waals surface area contributed by atoms with E-state index in [0.29, 0.717) is 5.56 Å². The van der Waals surface area contributed by atoms with Crippen LogP contribution in [0.5, 0.6) is 0 Å². The maximum atomic E-state index is 12.9. The lowest BCUT2D eigenvalue weighted by Crippen LogP contribution is -2.40. The zero-order chi connectivity index (χ0) is 23.5. The zero-order valence-electron chi connectivity index (χ0n) is 19.0. The van der Waals surface area contributed by atoms with Crippen molar-refractivity contribution in [3.05, 3.63) is 64.2 Å². The molecule has 0 unspecified atom stereocenters. The van der Waals surface area contributed by atoms with Crippen molar-refractivity contribution in [3.63, 3.8) is 0 Å². The summed E-state index contributed by atoms with van der Waals surface area (Å²) < 4.78 is 5.18. The average molecular weight is 449 g/mol. The predicted octanol–water partition coefficient (Wildman–Crippen LogP) is 4.28. The number of fused-ring (bicyclic) bond motifs is 1. The van der Waals surface area contributed by atoms with Crippen LogP contribution in [0.4, 0.5) is 5.69 Å². The van der Waals surface area contributed by atoms with Crippen LogP contribution in [0.15, 0.2) is 36.4 Å². The van der Waals surface area contributed by atoms with Crippen molar-refractivity contribution in [2.75, 3.05) is 11.9 Å². The van der Waals surface area contributed by atoms with Crippen LogP contribution in [0, 0.1) is 6.92 Å². The number of hydrogen-bond donors (Lipinski definition) is 1. The molecule has 1 aliphatic heterocycles. The zero-order valence-corrected chi connectivity index (χ0v) is 19.0. The summed E-state index contributed by atoms with van der Waals surface area (Å²) in [5.41, 5.74) is 3.32. The number of nitrogens with zero attached hydrogens (tertiary/aromatic N) is 1. The Morgan fingerprint density at radius 1 is 1.03 bits per heavy atom. The number of esters is 1. The third-order valence-corrected chi connectivity index (χ3v) is 6.43. The maximum absolute atomic E-state index is 12.9. The maximum Gasteiger partial charge on any atom is 0.338 e. The third kappa shape index (κ3) is 4.53. The van der Waals surface area contributed by atoms with Gasteiger partial charge < -0.3 is 10.1 Å². The molecule has 2 aromatic rings. The van der Waals surface area contributed by atoms with Gasteiger partial charge in [-0.15, -0.1) is 0 Å². The van der Waals surface area contributed by atoms with Crippen LogP contribution in [0.3, 0.4) is 0 Å². The number of aryl methyl sites for hydroxylation is 2. The fourth-order valence-electron chi connectivity index (χ4n) is 4.65. The second-order valence-electron chi connectivity index (χ2n) is 8.62. The quantitative estimate of drug-likeness (QED) is 0.526. The van der Waals surface area contributed by atoms with E-state index in [1.807, 2.05) is 32.0 Å². The van der Waals surface area contributed by atoms with Gasteiger partial charge in [-0.3, -0.25) is 19.3 Å². The molecule has 2 aromatic carbocycles. The van der Waals surface area contributed by atoms with Crippen molar-refractivity contribution in [2.24, 2.45) is 0 Å². The van der Waals surface area contributed by atoms with Crippen molar-refractivity contribution in [2.45, 2.75) is 58.4 Å². The highest BCUT2D eigenvalue weighted by Crippen LogP contribution is 2.31. The molecule has 0 spiro atoms. The van der Waals surface area contributed by atoms with Gasteiger partial charge in [-0.25, -0.2) is 4.79 Å². The van der Waals surface area contributed by atoms with E-state index in [1.54, 1.807) is 0 Å². The van der Waals surface area contributed by atoms with Crippen molar-refractivity contribution in [1.29, 1.82) is 0 Å². The summed E-state index contributed by atoms with van der Waals surface area (Å²) in [7, 11) is 0. The molecule has 7 heteroatoms. The van der Waals surface area contributed by atoms with Gasteiger partial charge in [0.25, 0.3) is 17.7 Å². The predicted molar refractivity (Wildman–Crippen MR) is 123 cm³/mol. The summed E-state index contributed by atoms with van der Waals surface area (Å²) in [6, 6.07) is 10.0. The van der Waals surface area contributed by atoms with E-state index in [2.05, 4.69) is 5.32 Å². The second-order valence-corrected chi connectivity index (χ2v) is 8.62. The molecule has 172 valence electrons. The van der Waals surface area contributed by atoms with Crippen molar-refractivity contribution in [3.8, 4) is 0 Å². The normalized spacial score (nSPS) is 16.0. The first-order valence-electron chi connectivity index (χ1n) is 11.5. The molecule has 1 heterocycles. The van der Waals surface area contributed by atoms with E-state index in [9.17, 15) is 19.2 Å². The molecular weight excluding hydrogens is 420 g/mol. The number of imide groups is 1. The lowest BCUT2D eigenvalue weighted by atomic mass is 9.94. The van der Waals surface area contributed by atoms with Crippen LogP contribution in [-0.4, -0.2) is 41.2 Å². The lowest BCUT2D eigenvalue weighted by molar-refractivity contribution is -0.119. The highest BCUT2D eigenvalue weighted by Gasteiger charge is 2.40. The van der Waals surface area contributed by atoms with Crippen LogP contribution in [0.25, 0.3) is 0 Å². The molecule has 4 rings (SSSR count). The molecule has 2 aliphatic rings. The highest BCUT2D eigenvalue weighted by atomic mass is 16.5. The van der Waals surface area contributed by atoms with Crippen molar-refractivity contribution < 1.29 is 23.9 Å². The van der Waals surface area contributed by atoms with Gasteiger partial charge in [0.2, 0.25) is 0 Å². The first kappa shape index (κ1) is 22.7. The minimum Gasteiger partial charge on any atom is -0.452 e. The van der Waals surface area contributed by atoms with E-state index in [0.717, 1.165) is 55.3 Å². The smallest absolute Gasteiger partial charge is 0.338 e. The number of carbonyl (C=O) groups is 4. The molecule has 3 amide bonds. The van der Waals surface area contributed by atoms with E-state index >= 15 is 0 Å². The number of ether oxygens (including phenoxy) is 1. The van der Waals surface area contributed by atoms with Gasteiger partial charge in [-0.1, -0.05) is 44.4 Å². The molecule has 0 saturated heterocycles. The summed E-state index contributed by atoms with van der Waals surface area (Å²) in [6.07, 6.45) is 5.51. The largest absolute Gasteiger partial charge is 0.452 e. The number of anilines is 1. The van der Waals surface area contributed by atoms with Crippen LogP contribution in [-0.2, 0) is 16.0 Å². The Morgan fingerprint density at radius 3 is 2.48 bits per heavy atom. The minimum absolute atomic E-state index is 0.0836. The molecule has 0 aromatic heterocycles. The van der Waals surface area contributed by atoms with Crippen LogP contribution >= 0.6 is 0 Å². The van der Waals surface area contributed by atoms with E-state index in [-0.39, 0.29) is 29.0 Å². The number of hydrogen-bond acceptors (Lipinski definition) is 5. The minimum atomic E-state index is -0.718. The molecule has 7 nitrogen and oxygen atoms in total. The van der Waals surface area contributed by atoms with Gasteiger partial charge in [-0.05, 0) is 55.5 Å². The monoisotopic (exact) mass is 448 g/mol. The fourth-order valence-corrected chi connectivity index (χ4v) is 4.65. The molecule has 1 N–H and O–H groups in total. The fraction of sp³-hybridized carbons (Fsp3) is 0.385. The summed E-state index contributed by atoms with van der Waals surface area (Å²) >= 11 is 0. The van der Waals surface area contributed by atoms with Gasteiger partial charge in [-0.2, -0.15) is 0 Å². The first-order valence-corrected chi connectivity index (χ1v) is 11.5. The van der Waals surface area contributed by atoms with E-state index in [4.69, 9.17) is 4.74 Å². The molecule has 0 atom stereocenters. The molecular formula is C26H28N2O5. The molecule has 1 aliphatic carbocycles. The topological polar surface area (TPSA) is 92.8 Å². The Bertz CT molecular complexity index is 1120. The highest BCUT2D eigenvalue weighted by molar-refractivity contribution is 6.22. The summed E-state index contributed by atoms with van der Waals surface area (Å²) in [6.45, 7) is 3.45. The third-order valence-electron chi connectivity index (χ3n) is 6.43. The Kier molecular flexibility index (Phi) is 6.58. The standard InChI is InChI=1S/C26H28N2O5/c1-3-17-9-7-8-16(2)23(17)27-22(29)15-33-26(32)18-12-13-20-21(14-18)25(31)28(24(20)30)19-10-5-4-6-11-19/h7-9,12-14,19H,3-6,10-11,15H2,1-2H3,(H,27,29). The van der Waals surface area contributed by atoms with Gasteiger partial charge >= 0.3 is 5.97 Å². The number of nitrogens with one attached hydrogen (secondary N) is 1. The number of amides is 3. The number of rotatable bonds is 6. The molecule has 0 bridgehead atoms. The SMILES string of the molecule is CCc1cccc(C)c1NC(=O)COC(=O)c1ccc2c(c1)C(=O)N(C1CCCCC1)C2=O.